The molecule has 0 spiro atoms. The zero-order valence-corrected chi connectivity index (χ0v) is 63.9. The second kappa shape index (κ2) is 73.7. The fourth-order valence-electron chi connectivity index (χ4n) is 10.2. The highest BCUT2D eigenvalue weighted by Crippen LogP contribution is 2.45. The lowest BCUT2D eigenvalue weighted by atomic mass is 10.0. The monoisotopic (exact) mass is 1430 g/mol. The van der Waals surface area contributed by atoms with Gasteiger partial charge in [0.25, 0.3) is 0 Å². The number of unbranched alkanes of at least 4 members (excludes halogenated alkanes) is 30. The molecule has 0 aromatic carbocycles. The summed E-state index contributed by atoms with van der Waals surface area (Å²) in [6, 6.07) is 0. The molecule has 0 aromatic rings. The van der Waals surface area contributed by atoms with Gasteiger partial charge in [0.2, 0.25) is 0 Å². The number of phosphoric acid groups is 2. The molecule has 0 heterocycles. The van der Waals surface area contributed by atoms with Gasteiger partial charge in [0.05, 0.1) is 26.4 Å². The van der Waals surface area contributed by atoms with Gasteiger partial charge in [-0.1, -0.05) is 284 Å². The molecule has 0 saturated heterocycles. The molecule has 99 heavy (non-hydrogen) atoms. The topological polar surface area (TPSA) is 231 Å². The molecule has 5 unspecified atom stereocenters. The fourth-order valence-corrected chi connectivity index (χ4v) is 11.8. The summed E-state index contributed by atoms with van der Waals surface area (Å²) in [6.07, 6.45) is 86.6. The van der Waals surface area contributed by atoms with Gasteiger partial charge in [-0.15, -0.1) is 0 Å². The standard InChI is InChI=1S/C81H140O16P2/c1-4-7-10-13-16-19-22-25-28-31-33-34-35-36-37-38-39-40-42-45-46-49-52-55-58-61-64-67-79(84)91-70-76(82)71-93-98(87,88)94-72-77(83)73-95-99(89,90)96-75-78(97-81(86)69-66-63-60-57-54-51-48-43-30-27-24-21-18-15-12-9-6-3)74-92-80(85)68-65-62-59-56-53-50-47-44-41-32-29-26-23-20-17-14-11-8-5-2/h9,12,16-21,25-30,33-34,36-37,41,44,76-78,82-83H,4-8,10-11,13-15,22-24,31-32,35,38-40,42-43,45-75H2,1-3H3,(H,87,88)(H,89,90)/b12-9-,19-16-,20-17-,21-18-,28-25-,29-26-,30-27-,34-33-,37-36-,44-41-. The average molecular weight is 1430 g/mol. The van der Waals surface area contributed by atoms with Crippen LogP contribution < -0.4 is 0 Å². The Morgan fingerprint density at radius 2 is 0.535 bits per heavy atom. The number of hydrogen-bond acceptors (Lipinski definition) is 14. The van der Waals surface area contributed by atoms with Gasteiger partial charge in [-0.3, -0.25) is 32.5 Å². The predicted molar refractivity (Wildman–Crippen MR) is 408 cm³/mol. The Morgan fingerprint density at radius 3 is 0.848 bits per heavy atom. The molecule has 0 aliphatic carbocycles. The van der Waals surface area contributed by atoms with E-state index in [2.05, 4.69) is 142 Å². The highest BCUT2D eigenvalue weighted by molar-refractivity contribution is 7.47. The maximum Gasteiger partial charge on any atom is 0.472 e. The minimum atomic E-state index is -4.94. The van der Waals surface area contributed by atoms with Crippen molar-refractivity contribution in [3.8, 4) is 0 Å². The van der Waals surface area contributed by atoms with Gasteiger partial charge < -0.3 is 34.2 Å². The number of aliphatic hydroxyl groups is 2. The number of ether oxygens (including phenoxy) is 3. The van der Waals surface area contributed by atoms with Crippen LogP contribution in [0.4, 0.5) is 0 Å². The van der Waals surface area contributed by atoms with Crippen LogP contribution >= 0.6 is 15.6 Å². The van der Waals surface area contributed by atoms with E-state index in [4.69, 9.17) is 32.3 Å². The highest BCUT2D eigenvalue weighted by atomic mass is 31.2. The second-order valence-electron chi connectivity index (χ2n) is 25.8. The summed E-state index contributed by atoms with van der Waals surface area (Å²) < 4.78 is 61.1. The van der Waals surface area contributed by atoms with Crippen molar-refractivity contribution in [1.29, 1.82) is 0 Å². The van der Waals surface area contributed by atoms with E-state index in [9.17, 15) is 43.5 Å². The number of phosphoric ester groups is 2. The maximum absolute atomic E-state index is 13.0. The molecule has 0 amide bonds. The number of hydrogen-bond donors (Lipinski definition) is 4. The summed E-state index contributed by atoms with van der Waals surface area (Å²) >= 11 is 0. The quantitative estimate of drug-likeness (QED) is 0.0146. The van der Waals surface area contributed by atoms with Crippen molar-refractivity contribution in [2.24, 2.45) is 0 Å². The van der Waals surface area contributed by atoms with Crippen LogP contribution in [0.2, 0.25) is 0 Å². The summed E-state index contributed by atoms with van der Waals surface area (Å²) in [4.78, 5) is 58.6. The van der Waals surface area contributed by atoms with E-state index in [1.54, 1.807) is 0 Å². The van der Waals surface area contributed by atoms with Gasteiger partial charge in [0, 0.05) is 19.3 Å². The molecule has 0 aliphatic heterocycles. The van der Waals surface area contributed by atoms with Crippen LogP contribution in [0.5, 0.6) is 0 Å². The number of esters is 3. The lowest BCUT2D eigenvalue weighted by molar-refractivity contribution is -0.161. The zero-order chi connectivity index (χ0) is 72.3. The first-order valence-electron chi connectivity index (χ1n) is 38.8. The molecule has 0 rings (SSSR count). The highest BCUT2D eigenvalue weighted by Gasteiger charge is 2.29. The number of allylic oxidation sites excluding steroid dienone is 20. The Hall–Kier alpha value is -4.05. The molecule has 18 heteroatoms. The minimum Gasteiger partial charge on any atom is -0.463 e. The molecule has 0 fully saturated rings. The van der Waals surface area contributed by atoms with Crippen LogP contribution in [0.15, 0.2) is 122 Å². The van der Waals surface area contributed by atoms with Crippen molar-refractivity contribution in [1.82, 2.24) is 0 Å². The van der Waals surface area contributed by atoms with Crippen molar-refractivity contribution in [2.45, 2.75) is 334 Å². The molecule has 0 aliphatic rings. The van der Waals surface area contributed by atoms with Crippen molar-refractivity contribution < 1.29 is 75.8 Å². The molecule has 4 N–H and O–H groups in total. The predicted octanol–water partition coefficient (Wildman–Crippen LogP) is 22.5. The Balaban J connectivity index is 4.59. The van der Waals surface area contributed by atoms with Crippen LogP contribution in [0.3, 0.4) is 0 Å². The molecule has 0 bridgehead atoms. The molecule has 16 nitrogen and oxygen atoms in total. The summed E-state index contributed by atoms with van der Waals surface area (Å²) in [5, 5.41) is 20.6. The largest absolute Gasteiger partial charge is 0.472 e. The lowest BCUT2D eigenvalue weighted by Gasteiger charge is -2.21. The summed E-state index contributed by atoms with van der Waals surface area (Å²) in [6.45, 7) is 2.50. The van der Waals surface area contributed by atoms with E-state index < -0.39 is 91.5 Å². The van der Waals surface area contributed by atoms with E-state index in [-0.39, 0.29) is 19.3 Å². The molecule has 0 saturated carbocycles. The Kier molecular flexibility index (Phi) is 70.7. The second-order valence-corrected chi connectivity index (χ2v) is 28.7. The third kappa shape index (κ3) is 74.9. The van der Waals surface area contributed by atoms with E-state index in [0.717, 1.165) is 167 Å². The molecule has 0 radical (unpaired) electrons. The van der Waals surface area contributed by atoms with Crippen LogP contribution in [0.1, 0.15) is 316 Å². The first-order chi connectivity index (χ1) is 48.2. The summed E-state index contributed by atoms with van der Waals surface area (Å²) in [7, 11) is -9.80. The molecular formula is C81H140O16P2. The zero-order valence-electron chi connectivity index (χ0n) is 62.1. The molecule has 0 aromatic heterocycles. The fraction of sp³-hybridized carbons (Fsp3) is 0.716. The van der Waals surface area contributed by atoms with Crippen LogP contribution in [-0.4, -0.2) is 95.9 Å². The van der Waals surface area contributed by atoms with Gasteiger partial charge in [0.1, 0.15) is 25.4 Å². The summed E-state index contributed by atoms with van der Waals surface area (Å²) in [5.41, 5.74) is 0. The minimum absolute atomic E-state index is 0.0881. The van der Waals surface area contributed by atoms with Gasteiger partial charge >= 0.3 is 33.6 Å². The SMILES string of the molecule is CC/C=C\C/C=C\C/C=C\CCCCCCCCCC(=O)OC(COC(=O)CCCCCCCC/C=C\C/C=C\C/C=C\CCCCC)COP(=O)(O)OCC(O)COP(=O)(O)OCC(O)COC(=O)CCCCCCCCCCCCC/C=C\C/C=C\C/C=C\C/C=C\CCCCC. The number of carbonyl (C=O) groups excluding carboxylic acids is 3. The van der Waals surface area contributed by atoms with Gasteiger partial charge in [0.15, 0.2) is 6.10 Å². The maximum atomic E-state index is 13.0. The lowest BCUT2D eigenvalue weighted by Crippen LogP contribution is -2.30. The van der Waals surface area contributed by atoms with E-state index >= 15 is 0 Å². The van der Waals surface area contributed by atoms with Gasteiger partial charge in [-0.2, -0.15) is 0 Å². The molecule has 5 atom stereocenters. The van der Waals surface area contributed by atoms with Crippen LogP contribution in [-0.2, 0) is 55.8 Å². The number of aliphatic hydroxyl groups excluding tert-OH is 2. The van der Waals surface area contributed by atoms with Gasteiger partial charge in [-0.05, 0) is 135 Å². The Bertz CT molecular complexity index is 2290. The molecular weight excluding hydrogens is 1290 g/mol. The smallest absolute Gasteiger partial charge is 0.463 e. The third-order valence-electron chi connectivity index (χ3n) is 16.1. The number of carbonyl (C=O) groups is 3. The first kappa shape index (κ1) is 94.9. The van der Waals surface area contributed by atoms with Crippen molar-refractivity contribution >= 4 is 33.6 Å². The van der Waals surface area contributed by atoms with Crippen LogP contribution in [0.25, 0.3) is 0 Å². The Labute approximate surface area is 602 Å². The van der Waals surface area contributed by atoms with Crippen molar-refractivity contribution in [3.63, 3.8) is 0 Å². The van der Waals surface area contributed by atoms with E-state index in [1.807, 2.05) is 0 Å². The van der Waals surface area contributed by atoms with E-state index in [1.165, 1.54) is 89.9 Å². The molecule has 570 valence electrons. The summed E-state index contributed by atoms with van der Waals surface area (Å²) in [5.74, 6) is -1.60. The van der Waals surface area contributed by atoms with Crippen molar-refractivity contribution in [2.75, 3.05) is 39.6 Å². The average Bonchev–Trinajstić information content (AvgIpc) is 2.17. The normalized spacial score (nSPS) is 14.7. The van der Waals surface area contributed by atoms with Crippen LogP contribution in [0, 0.1) is 0 Å². The van der Waals surface area contributed by atoms with Gasteiger partial charge in [-0.25, -0.2) is 9.13 Å². The Morgan fingerprint density at radius 1 is 0.293 bits per heavy atom. The van der Waals surface area contributed by atoms with E-state index in [0.29, 0.717) is 19.3 Å². The number of rotatable bonds is 73. The van der Waals surface area contributed by atoms with Crippen molar-refractivity contribution in [3.05, 3.63) is 122 Å². The third-order valence-corrected chi connectivity index (χ3v) is 18.0. The first-order valence-corrected chi connectivity index (χ1v) is 41.8.